The molecule has 0 spiro atoms. The summed E-state index contributed by atoms with van der Waals surface area (Å²) in [4.78, 5) is 16.0. The van der Waals surface area contributed by atoms with Gasteiger partial charge in [-0.15, -0.1) is 0 Å². The summed E-state index contributed by atoms with van der Waals surface area (Å²) in [7, 11) is 0. The zero-order valence-corrected chi connectivity index (χ0v) is 12.9. The van der Waals surface area contributed by atoms with Gasteiger partial charge in [0.25, 0.3) is 5.91 Å². The van der Waals surface area contributed by atoms with Crippen LogP contribution in [0.2, 0.25) is 0 Å². The molecule has 104 valence electrons. The van der Waals surface area contributed by atoms with Gasteiger partial charge < -0.3 is 5.32 Å². The van der Waals surface area contributed by atoms with E-state index in [9.17, 15) is 4.79 Å². The van der Waals surface area contributed by atoms with Crippen molar-refractivity contribution in [3.8, 4) is 0 Å². The molecule has 1 amide bonds. The third kappa shape index (κ3) is 4.30. The Bertz CT molecular complexity index is 428. The zero-order valence-electron chi connectivity index (χ0n) is 11.4. The van der Waals surface area contributed by atoms with Crippen LogP contribution in [0.3, 0.4) is 0 Å². The Morgan fingerprint density at radius 2 is 2.05 bits per heavy atom. The van der Waals surface area contributed by atoms with Crippen molar-refractivity contribution in [2.45, 2.75) is 39.0 Å². The maximum Gasteiger partial charge on any atom is 0.251 e. The van der Waals surface area contributed by atoms with Crippen molar-refractivity contribution in [1.29, 1.82) is 0 Å². The monoisotopic (exact) mass is 324 g/mol. The number of amides is 1. The van der Waals surface area contributed by atoms with E-state index in [0.717, 1.165) is 12.5 Å². The van der Waals surface area contributed by atoms with Crippen LogP contribution < -0.4 is 5.32 Å². The molecule has 1 aliphatic carbocycles. The number of hydrogen-bond donors (Lipinski definition) is 1. The Kier molecular flexibility index (Phi) is 5.37. The lowest BCUT2D eigenvalue weighted by Gasteiger charge is -2.27. The molecule has 1 fully saturated rings. The molecule has 0 radical (unpaired) electrons. The molecule has 1 saturated carbocycles. The molecule has 1 aromatic heterocycles. The Hall–Kier alpha value is -0.900. The average molecular weight is 325 g/mol. The second-order valence-electron chi connectivity index (χ2n) is 5.37. The van der Waals surface area contributed by atoms with Crippen LogP contribution in [0.4, 0.5) is 0 Å². The van der Waals surface area contributed by atoms with E-state index in [1.165, 1.54) is 32.1 Å². The van der Waals surface area contributed by atoms with Crippen molar-refractivity contribution in [3.63, 3.8) is 0 Å². The predicted molar refractivity (Wildman–Crippen MR) is 80.0 cm³/mol. The second kappa shape index (κ2) is 7.04. The van der Waals surface area contributed by atoms with Gasteiger partial charge >= 0.3 is 0 Å². The summed E-state index contributed by atoms with van der Waals surface area (Å²) < 4.78 is 0.698. The van der Waals surface area contributed by atoms with Crippen molar-refractivity contribution in [3.05, 3.63) is 28.5 Å². The highest BCUT2D eigenvalue weighted by Crippen LogP contribution is 2.30. The van der Waals surface area contributed by atoms with E-state index >= 15 is 0 Å². The molecule has 0 saturated heterocycles. The lowest BCUT2D eigenvalue weighted by atomic mass is 9.81. The fraction of sp³-hybridized carbons (Fsp3) is 0.600. The molecule has 19 heavy (non-hydrogen) atoms. The zero-order chi connectivity index (χ0) is 13.7. The number of aromatic nitrogens is 1. The fourth-order valence-corrected chi connectivity index (χ4v) is 3.09. The van der Waals surface area contributed by atoms with Crippen LogP contribution in [0.5, 0.6) is 0 Å². The van der Waals surface area contributed by atoms with Gasteiger partial charge in [-0.3, -0.25) is 4.79 Å². The van der Waals surface area contributed by atoms with Crippen LogP contribution in [0.15, 0.2) is 22.9 Å². The minimum absolute atomic E-state index is 0.000662. The van der Waals surface area contributed by atoms with Gasteiger partial charge in [0.05, 0.1) is 0 Å². The van der Waals surface area contributed by atoms with Crippen molar-refractivity contribution >= 4 is 21.8 Å². The van der Waals surface area contributed by atoms with Crippen molar-refractivity contribution in [1.82, 2.24) is 10.3 Å². The van der Waals surface area contributed by atoms with E-state index in [2.05, 4.69) is 33.2 Å². The molecule has 0 unspecified atom stereocenters. The molecular formula is C15H21BrN2O. The normalized spacial score (nSPS) is 23.1. The van der Waals surface area contributed by atoms with E-state index in [4.69, 9.17) is 0 Å². The van der Waals surface area contributed by atoms with Gasteiger partial charge in [-0.1, -0.05) is 26.2 Å². The average Bonchev–Trinajstić information content (AvgIpc) is 2.45. The molecule has 1 aliphatic rings. The number of nitrogens with zero attached hydrogens (tertiary/aromatic N) is 1. The first-order chi connectivity index (χ1) is 9.19. The maximum absolute atomic E-state index is 12.0. The summed E-state index contributed by atoms with van der Waals surface area (Å²) in [6.45, 7) is 3.07. The SMILES string of the molecule is CCC1CCC(CNC(=O)c2ccnc(Br)c2)CC1. The van der Waals surface area contributed by atoms with Gasteiger partial charge in [-0.2, -0.15) is 0 Å². The van der Waals surface area contributed by atoms with Gasteiger partial charge in [-0.25, -0.2) is 4.98 Å². The van der Waals surface area contributed by atoms with Crippen molar-refractivity contribution < 1.29 is 4.79 Å². The first kappa shape index (κ1) is 14.5. The number of rotatable bonds is 4. The molecule has 0 aliphatic heterocycles. The van der Waals surface area contributed by atoms with E-state index in [-0.39, 0.29) is 5.91 Å². The van der Waals surface area contributed by atoms with Crippen LogP contribution in [0, 0.1) is 11.8 Å². The van der Waals surface area contributed by atoms with Crippen LogP contribution >= 0.6 is 15.9 Å². The molecule has 4 heteroatoms. The lowest BCUT2D eigenvalue weighted by molar-refractivity contribution is 0.0941. The minimum Gasteiger partial charge on any atom is -0.352 e. The van der Waals surface area contributed by atoms with E-state index in [1.54, 1.807) is 18.3 Å². The number of nitrogens with one attached hydrogen (secondary N) is 1. The largest absolute Gasteiger partial charge is 0.352 e. The minimum atomic E-state index is 0.000662. The van der Waals surface area contributed by atoms with E-state index < -0.39 is 0 Å². The molecule has 1 heterocycles. The molecule has 2 rings (SSSR count). The van der Waals surface area contributed by atoms with Gasteiger partial charge in [0.15, 0.2) is 0 Å². The van der Waals surface area contributed by atoms with E-state index in [1.807, 2.05) is 0 Å². The summed E-state index contributed by atoms with van der Waals surface area (Å²) in [5.74, 6) is 1.56. The predicted octanol–water partition coefficient (Wildman–Crippen LogP) is 3.79. The molecule has 1 aromatic rings. The summed E-state index contributed by atoms with van der Waals surface area (Å²) in [5.41, 5.74) is 0.670. The van der Waals surface area contributed by atoms with Gasteiger partial charge in [-0.05, 0) is 52.7 Å². The molecular weight excluding hydrogens is 304 g/mol. The van der Waals surface area contributed by atoms with Crippen LogP contribution in [0.25, 0.3) is 0 Å². The molecule has 0 atom stereocenters. The summed E-state index contributed by atoms with van der Waals surface area (Å²) in [6.07, 6.45) is 8.07. The highest BCUT2D eigenvalue weighted by atomic mass is 79.9. The standard InChI is InChI=1S/C15H21BrN2O/c1-2-11-3-5-12(6-4-11)10-18-15(19)13-7-8-17-14(16)9-13/h7-9,11-12H,2-6,10H2,1H3,(H,18,19). The first-order valence-electron chi connectivity index (χ1n) is 7.08. The quantitative estimate of drug-likeness (QED) is 0.856. The van der Waals surface area contributed by atoms with Crippen molar-refractivity contribution in [2.75, 3.05) is 6.54 Å². The van der Waals surface area contributed by atoms with Gasteiger partial charge in [0.1, 0.15) is 4.60 Å². The first-order valence-corrected chi connectivity index (χ1v) is 7.88. The number of halogens is 1. The number of carbonyl (C=O) groups excluding carboxylic acids is 1. The summed E-state index contributed by atoms with van der Waals surface area (Å²) >= 11 is 3.28. The van der Waals surface area contributed by atoms with Gasteiger partial charge in [0.2, 0.25) is 0 Å². The Balaban J connectivity index is 1.78. The molecule has 0 bridgehead atoms. The van der Waals surface area contributed by atoms with E-state index in [0.29, 0.717) is 16.1 Å². The Morgan fingerprint density at radius 1 is 1.37 bits per heavy atom. The highest BCUT2D eigenvalue weighted by Gasteiger charge is 2.20. The molecule has 0 aromatic carbocycles. The van der Waals surface area contributed by atoms with Gasteiger partial charge in [0, 0.05) is 18.3 Å². The third-order valence-corrected chi connectivity index (χ3v) is 4.52. The van der Waals surface area contributed by atoms with Crippen LogP contribution in [0.1, 0.15) is 49.4 Å². The third-order valence-electron chi connectivity index (χ3n) is 4.08. The summed E-state index contributed by atoms with van der Waals surface area (Å²) in [6, 6.07) is 3.50. The fourth-order valence-electron chi connectivity index (χ4n) is 2.73. The maximum atomic E-state index is 12.0. The topological polar surface area (TPSA) is 42.0 Å². The molecule has 3 nitrogen and oxygen atoms in total. The summed E-state index contributed by atoms with van der Waals surface area (Å²) in [5, 5.41) is 3.04. The molecule has 1 N–H and O–H groups in total. The van der Waals surface area contributed by atoms with Crippen molar-refractivity contribution in [2.24, 2.45) is 11.8 Å². The number of pyridine rings is 1. The second-order valence-corrected chi connectivity index (χ2v) is 6.18. The Labute approximate surface area is 123 Å². The smallest absolute Gasteiger partial charge is 0.251 e. The Morgan fingerprint density at radius 3 is 2.68 bits per heavy atom. The lowest BCUT2D eigenvalue weighted by Crippen LogP contribution is -2.31. The highest BCUT2D eigenvalue weighted by molar-refractivity contribution is 9.10. The number of carbonyl (C=O) groups is 1. The van der Waals surface area contributed by atoms with Crippen LogP contribution in [-0.4, -0.2) is 17.4 Å². The number of hydrogen-bond acceptors (Lipinski definition) is 2. The van der Waals surface area contributed by atoms with Crippen LogP contribution in [-0.2, 0) is 0 Å².